The SMILES string of the molecule is CC.CO.N#CC1=NN(c2ccccc2)C(=O)CC1CC(=O)c1cc(C#N)cc(C(F)F)c1. The highest BCUT2D eigenvalue weighted by atomic mass is 19.3. The van der Waals surface area contributed by atoms with Gasteiger partial charge in [0.25, 0.3) is 6.43 Å². The van der Waals surface area contributed by atoms with Crippen LogP contribution in [0.15, 0.2) is 53.6 Å². The topological polar surface area (TPSA) is 118 Å². The molecule has 0 radical (unpaired) electrons. The van der Waals surface area contributed by atoms with Gasteiger partial charge < -0.3 is 5.11 Å². The maximum absolute atomic E-state index is 13.0. The number of hydrazone groups is 1. The first-order valence-corrected chi connectivity index (χ1v) is 10.1. The molecule has 0 spiro atoms. The number of hydrogen-bond donors (Lipinski definition) is 1. The zero-order chi connectivity index (χ0) is 25.0. The largest absolute Gasteiger partial charge is 0.400 e. The standard InChI is InChI=1S/C21H14F2N4O2.C2H6.CH4O/c22-21(23)16-7-13(11-24)6-15(8-16)19(28)9-14-10-20(29)27(26-18(14)12-25)17-4-2-1-3-5-17;2*1-2/h1-8,14,21H,9-10H2;1-2H3;2H,1H3. The van der Waals surface area contributed by atoms with Crippen LogP contribution in [0.4, 0.5) is 14.5 Å². The monoisotopic (exact) mass is 454 g/mol. The lowest BCUT2D eigenvalue weighted by Crippen LogP contribution is -2.37. The zero-order valence-corrected chi connectivity index (χ0v) is 18.5. The molecule has 7 nitrogen and oxygen atoms in total. The molecule has 0 saturated heterocycles. The van der Waals surface area contributed by atoms with Gasteiger partial charge in [-0.2, -0.15) is 20.6 Å². The van der Waals surface area contributed by atoms with E-state index in [0.29, 0.717) is 5.69 Å². The average molecular weight is 454 g/mol. The number of carbonyl (C=O) groups is 2. The predicted molar refractivity (Wildman–Crippen MR) is 120 cm³/mol. The Balaban J connectivity index is 0.00000129. The Morgan fingerprint density at radius 3 is 2.33 bits per heavy atom. The van der Waals surface area contributed by atoms with Gasteiger partial charge >= 0.3 is 0 Å². The van der Waals surface area contributed by atoms with Gasteiger partial charge in [-0.1, -0.05) is 32.0 Å². The molecule has 0 aromatic heterocycles. The van der Waals surface area contributed by atoms with E-state index in [2.05, 4.69) is 5.10 Å². The Labute approximate surface area is 191 Å². The highest BCUT2D eigenvalue weighted by molar-refractivity contribution is 6.11. The molecule has 1 unspecified atom stereocenters. The van der Waals surface area contributed by atoms with Crippen molar-refractivity contribution in [2.75, 3.05) is 12.1 Å². The first-order chi connectivity index (χ1) is 15.9. The lowest BCUT2D eigenvalue weighted by Gasteiger charge is -2.26. The van der Waals surface area contributed by atoms with E-state index in [9.17, 15) is 23.6 Å². The summed E-state index contributed by atoms with van der Waals surface area (Å²) in [7, 11) is 1.00. The third kappa shape index (κ3) is 7.03. The molecule has 172 valence electrons. The van der Waals surface area contributed by atoms with Crippen molar-refractivity contribution in [3.05, 3.63) is 65.2 Å². The fraction of sp³-hybridized carbons (Fsp3) is 0.292. The molecule has 3 rings (SSSR count). The number of alkyl halides is 2. The van der Waals surface area contributed by atoms with Crippen molar-refractivity contribution in [3.63, 3.8) is 0 Å². The molecule has 33 heavy (non-hydrogen) atoms. The number of amides is 1. The highest BCUT2D eigenvalue weighted by Crippen LogP contribution is 2.27. The molecule has 2 aromatic carbocycles. The van der Waals surface area contributed by atoms with Crippen LogP contribution in [0.3, 0.4) is 0 Å². The summed E-state index contributed by atoms with van der Waals surface area (Å²) in [5.74, 6) is -1.69. The number of nitrogens with zero attached hydrogens (tertiary/aromatic N) is 4. The zero-order valence-electron chi connectivity index (χ0n) is 18.5. The predicted octanol–water partition coefficient (Wildman–Crippen LogP) is 4.64. The fourth-order valence-corrected chi connectivity index (χ4v) is 3.04. The molecular weight excluding hydrogens is 430 g/mol. The van der Waals surface area contributed by atoms with Crippen LogP contribution in [-0.2, 0) is 4.79 Å². The van der Waals surface area contributed by atoms with Gasteiger partial charge in [-0.3, -0.25) is 9.59 Å². The van der Waals surface area contributed by atoms with Crippen LogP contribution < -0.4 is 5.01 Å². The summed E-state index contributed by atoms with van der Waals surface area (Å²) in [6.45, 7) is 4.00. The van der Waals surface area contributed by atoms with Gasteiger partial charge in [-0.05, 0) is 30.3 Å². The number of carbonyl (C=O) groups excluding carboxylic acids is 2. The maximum Gasteiger partial charge on any atom is 0.263 e. The van der Waals surface area contributed by atoms with Crippen LogP contribution in [0.2, 0.25) is 0 Å². The summed E-state index contributed by atoms with van der Waals surface area (Å²) in [6.07, 6.45) is -3.20. The maximum atomic E-state index is 13.0. The molecule has 1 amide bonds. The van der Waals surface area contributed by atoms with Crippen LogP contribution in [-0.4, -0.2) is 29.6 Å². The first kappa shape index (κ1) is 27.1. The Bertz CT molecular complexity index is 1070. The highest BCUT2D eigenvalue weighted by Gasteiger charge is 2.32. The smallest absolute Gasteiger partial charge is 0.263 e. The van der Waals surface area contributed by atoms with Crippen LogP contribution in [0.25, 0.3) is 0 Å². The van der Waals surface area contributed by atoms with Gasteiger partial charge in [0.15, 0.2) is 5.78 Å². The molecule has 1 N–H and O–H groups in total. The third-order valence-electron chi connectivity index (χ3n) is 4.46. The minimum atomic E-state index is -2.83. The molecule has 9 heteroatoms. The number of aliphatic hydroxyl groups is 1. The van der Waals surface area contributed by atoms with E-state index in [-0.39, 0.29) is 35.6 Å². The van der Waals surface area contributed by atoms with Gasteiger partial charge in [0, 0.05) is 37.0 Å². The number of Topliss-reactive ketones (excluding diaryl/α,β-unsaturated/α-hetero) is 1. The molecule has 2 aromatic rings. The van der Waals surface area contributed by atoms with E-state index in [1.165, 1.54) is 6.07 Å². The van der Waals surface area contributed by atoms with Crippen LogP contribution in [0.5, 0.6) is 0 Å². The third-order valence-corrected chi connectivity index (χ3v) is 4.46. The van der Waals surface area contributed by atoms with E-state index in [1.54, 1.807) is 36.4 Å². The van der Waals surface area contributed by atoms with Crippen molar-refractivity contribution < 1.29 is 23.5 Å². The first-order valence-electron chi connectivity index (χ1n) is 10.1. The molecule has 1 atom stereocenters. The molecule has 0 saturated carbocycles. The normalized spacial score (nSPS) is 14.6. The number of para-hydroxylation sites is 1. The fourth-order valence-electron chi connectivity index (χ4n) is 3.04. The molecular formula is C24H24F2N4O3. The van der Waals surface area contributed by atoms with Crippen molar-refractivity contribution in [2.24, 2.45) is 11.0 Å². The second-order valence-electron chi connectivity index (χ2n) is 6.42. The molecule has 0 bridgehead atoms. The lowest BCUT2D eigenvalue weighted by molar-refractivity contribution is -0.119. The number of ketones is 1. The van der Waals surface area contributed by atoms with Gasteiger partial charge in [0.1, 0.15) is 11.8 Å². The number of hydrogen-bond acceptors (Lipinski definition) is 6. The number of rotatable bonds is 5. The summed E-state index contributed by atoms with van der Waals surface area (Å²) in [4.78, 5) is 25.1. The average Bonchev–Trinajstić information content (AvgIpc) is 2.86. The van der Waals surface area contributed by atoms with Crippen molar-refractivity contribution >= 4 is 23.1 Å². The van der Waals surface area contributed by atoms with Crippen LogP contribution >= 0.6 is 0 Å². The van der Waals surface area contributed by atoms with E-state index in [1.807, 2.05) is 19.9 Å². The Morgan fingerprint density at radius 1 is 1.15 bits per heavy atom. The van der Waals surface area contributed by atoms with Crippen molar-refractivity contribution in [2.45, 2.75) is 33.1 Å². The molecule has 1 aliphatic rings. The molecule has 1 heterocycles. The number of benzene rings is 2. The van der Waals surface area contributed by atoms with Crippen molar-refractivity contribution in [3.8, 4) is 12.1 Å². The van der Waals surface area contributed by atoms with Gasteiger partial charge in [0.2, 0.25) is 5.91 Å². The minimum Gasteiger partial charge on any atom is -0.400 e. The summed E-state index contributed by atoms with van der Waals surface area (Å²) < 4.78 is 26.0. The minimum absolute atomic E-state index is 0.00678. The van der Waals surface area contributed by atoms with Gasteiger partial charge in [0.05, 0.1) is 17.3 Å². The van der Waals surface area contributed by atoms with Gasteiger partial charge in [-0.15, -0.1) is 0 Å². The van der Waals surface area contributed by atoms with Crippen molar-refractivity contribution in [1.82, 2.24) is 0 Å². The Morgan fingerprint density at radius 2 is 1.79 bits per heavy atom. The van der Waals surface area contributed by atoms with Crippen LogP contribution in [0, 0.1) is 28.6 Å². The quantitative estimate of drug-likeness (QED) is 0.661. The van der Waals surface area contributed by atoms with Gasteiger partial charge in [-0.25, -0.2) is 8.78 Å². The summed E-state index contributed by atoms with van der Waals surface area (Å²) in [5, 5.41) is 30.6. The second kappa shape index (κ2) is 13.5. The second-order valence-corrected chi connectivity index (χ2v) is 6.42. The Hall–Kier alpha value is -3.95. The van der Waals surface area contributed by atoms with E-state index in [4.69, 9.17) is 10.4 Å². The molecule has 0 fully saturated rings. The van der Waals surface area contributed by atoms with Crippen LogP contribution in [0.1, 0.15) is 54.6 Å². The Kier molecular flexibility index (Phi) is 11.0. The van der Waals surface area contributed by atoms with E-state index >= 15 is 0 Å². The summed E-state index contributed by atoms with van der Waals surface area (Å²) in [5.41, 5.74) is -0.0490. The summed E-state index contributed by atoms with van der Waals surface area (Å²) in [6, 6.07) is 15.5. The lowest BCUT2D eigenvalue weighted by atomic mass is 9.89. The molecule has 0 aliphatic carbocycles. The van der Waals surface area contributed by atoms with E-state index in [0.717, 1.165) is 24.3 Å². The summed E-state index contributed by atoms with van der Waals surface area (Å²) >= 11 is 0. The molecule has 1 aliphatic heterocycles. The number of aliphatic hydroxyl groups excluding tert-OH is 1. The van der Waals surface area contributed by atoms with Crippen molar-refractivity contribution in [1.29, 1.82) is 10.5 Å². The number of nitriles is 2. The number of anilines is 1. The number of halogens is 2. The van der Waals surface area contributed by atoms with E-state index < -0.39 is 23.7 Å².